The Morgan fingerprint density at radius 3 is 3.00 bits per heavy atom. The van der Waals surface area contributed by atoms with Gasteiger partial charge in [-0.05, 0) is 30.5 Å². The zero-order valence-electron chi connectivity index (χ0n) is 9.06. The summed E-state index contributed by atoms with van der Waals surface area (Å²) in [6.45, 7) is 2.22. The number of rotatable bonds is 4. The number of hydrogen-bond acceptors (Lipinski definition) is 1. The van der Waals surface area contributed by atoms with Gasteiger partial charge in [-0.1, -0.05) is 25.5 Å². The summed E-state index contributed by atoms with van der Waals surface area (Å²) in [6, 6.07) is 8.64. The zero-order valence-corrected chi connectivity index (χ0v) is 9.06. The number of benzene rings is 1. The van der Waals surface area contributed by atoms with Crippen molar-refractivity contribution in [2.75, 3.05) is 0 Å². The maximum atomic E-state index is 4.05. The van der Waals surface area contributed by atoms with Crippen LogP contribution in [-0.2, 0) is 6.42 Å². The summed E-state index contributed by atoms with van der Waals surface area (Å²) < 4.78 is 2.04. The summed E-state index contributed by atoms with van der Waals surface area (Å²) in [5.41, 5.74) is 2.60. The summed E-state index contributed by atoms with van der Waals surface area (Å²) in [4.78, 5) is 4.05. The molecule has 0 N–H and O–H groups in total. The lowest BCUT2D eigenvalue weighted by atomic mass is 10.1. The van der Waals surface area contributed by atoms with Crippen LogP contribution in [0.5, 0.6) is 0 Å². The quantitative estimate of drug-likeness (QED) is 0.741. The van der Waals surface area contributed by atoms with Gasteiger partial charge in [0.05, 0.1) is 6.33 Å². The molecular formula is C13H16N2. The second kappa shape index (κ2) is 4.78. The first-order valence-corrected chi connectivity index (χ1v) is 5.47. The van der Waals surface area contributed by atoms with Crippen LogP contribution in [0, 0.1) is 0 Å². The van der Waals surface area contributed by atoms with Crippen LogP contribution in [0.2, 0.25) is 0 Å². The Bertz CT molecular complexity index is 404. The number of aromatic nitrogens is 2. The van der Waals surface area contributed by atoms with Crippen molar-refractivity contribution in [1.29, 1.82) is 0 Å². The van der Waals surface area contributed by atoms with E-state index in [0.717, 1.165) is 0 Å². The van der Waals surface area contributed by atoms with E-state index in [4.69, 9.17) is 0 Å². The van der Waals surface area contributed by atoms with Crippen LogP contribution in [0.25, 0.3) is 5.69 Å². The molecule has 1 heterocycles. The van der Waals surface area contributed by atoms with Crippen molar-refractivity contribution in [3.63, 3.8) is 0 Å². The number of imidazole rings is 1. The molecule has 0 fully saturated rings. The Hall–Kier alpha value is -1.57. The van der Waals surface area contributed by atoms with Crippen molar-refractivity contribution >= 4 is 0 Å². The molecule has 0 amide bonds. The smallest absolute Gasteiger partial charge is 0.0991 e. The molecule has 0 aliphatic rings. The fraction of sp³-hybridized carbons (Fsp3) is 0.308. The predicted molar refractivity (Wildman–Crippen MR) is 62.2 cm³/mol. The van der Waals surface area contributed by atoms with E-state index in [9.17, 15) is 0 Å². The molecule has 0 aliphatic carbocycles. The third-order valence-electron chi connectivity index (χ3n) is 2.53. The lowest BCUT2D eigenvalue weighted by Gasteiger charge is -2.05. The van der Waals surface area contributed by atoms with Gasteiger partial charge in [0.2, 0.25) is 0 Å². The third kappa shape index (κ3) is 2.46. The molecule has 78 valence electrons. The van der Waals surface area contributed by atoms with Gasteiger partial charge in [-0.25, -0.2) is 4.98 Å². The Labute approximate surface area is 90.6 Å². The topological polar surface area (TPSA) is 17.8 Å². The fourth-order valence-electron chi connectivity index (χ4n) is 1.67. The standard InChI is InChI=1S/C13H16N2/c1-2-3-5-12-6-4-7-13(10-12)15-9-8-14-11-15/h4,6-11H,2-3,5H2,1H3. The first kappa shape index (κ1) is 9.97. The fourth-order valence-corrected chi connectivity index (χ4v) is 1.67. The Balaban J connectivity index is 2.19. The average molecular weight is 200 g/mol. The molecule has 2 nitrogen and oxygen atoms in total. The molecule has 0 saturated heterocycles. The van der Waals surface area contributed by atoms with Gasteiger partial charge in [0.25, 0.3) is 0 Å². The number of unbranched alkanes of at least 4 members (excludes halogenated alkanes) is 1. The van der Waals surface area contributed by atoms with E-state index in [2.05, 4.69) is 36.2 Å². The van der Waals surface area contributed by atoms with Crippen LogP contribution in [0.15, 0.2) is 43.0 Å². The minimum atomic E-state index is 1.17. The van der Waals surface area contributed by atoms with Crippen molar-refractivity contribution in [2.24, 2.45) is 0 Å². The molecule has 2 heteroatoms. The SMILES string of the molecule is CCCCc1cccc(-n2ccnc2)c1. The molecule has 15 heavy (non-hydrogen) atoms. The third-order valence-corrected chi connectivity index (χ3v) is 2.53. The van der Waals surface area contributed by atoms with Gasteiger partial charge in [-0.15, -0.1) is 0 Å². The second-order valence-corrected chi connectivity index (χ2v) is 3.74. The average Bonchev–Trinajstić information content (AvgIpc) is 2.80. The van der Waals surface area contributed by atoms with Gasteiger partial charge in [-0.2, -0.15) is 0 Å². The molecule has 2 rings (SSSR count). The van der Waals surface area contributed by atoms with E-state index in [1.54, 1.807) is 6.20 Å². The monoisotopic (exact) mass is 200 g/mol. The van der Waals surface area contributed by atoms with Gasteiger partial charge in [0.1, 0.15) is 0 Å². The molecule has 0 radical (unpaired) electrons. The van der Waals surface area contributed by atoms with E-state index in [1.807, 2.05) is 17.1 Å². The number of aryl methyl sites for hydroxylation is 1. The highest BCUT2D eigenvalue weighted by molar-refractivity contribution is 5.35. The number of nitrogens with zero attached hydrogens (tertiary/aromatic N) is 2. The lowest BCUT2D eigenvalue weighted by Crippen LogP contribution is -1.92. The van der Waals surface area contributed by atoms with E-state index in [-0.39, 0.29) is 0 Å². The van der Waals surface area contributed by atoms with Crippen molar-refractivity contribution in [3.05, 3.63) is 48.5 Å². The maximum Gasteiger partial charge on any atom is 0.0991 e. The van der Waals surface area contributed by atoms with E-state index in [0.29, 0.717) is 0 Å². The molecule has 1 aromatic carbocycles. The highest BCUT2D eigenvalue weighted by Gasteiger charge is 1.97. The minimum absolute atomic E-state index is 1.17. The van der Waals surface area contributed by atoms with Crippen LogP contribution in [0.4, 0.5) is 0 Å². The van der Waals surface area contributed by atoms with E-state index in [1.165, 1.54) is 30.5 Å². The highest BCUT2D eigenvalue weighted by Crippen LogP contribution is 2.12. The van der Waals surface area contributed by atoms with Crippen LogP contribution in [-0.4, -0.2) is 9.55 Å². The van der Waals surface area contributed by atoms with Gasteiger partial charge in [-0.3, -0.25) is 0 Å². The molecule has 0 saturated carbocycles. The molecule has 0 spiro atoms. The van der Waals surface area contributed by atoms with Crippen molar-refractivity contribution in [3.8, 4) is 5.69 Å². The van der Waals surface area contributed by atoms with Crippen molar-refractivity contribution < 1.29 is 0 Å². The summed E-state index contributed by atoms with van der Waals surface area (Å²) in [7, 11) is 0. The summed E-state index contributed by atoms with van der Waals surface area (Å²) >= 11 is 0. The van der Waals surface area contributed by atoms with E-state index >= 15 is 0 Å². The van der Waals surface area contributed by atoms with Crippen molar-refractivity contribution in [1.82, 2.24) is 9.55 Å². The minimum Gasteiger partial charge on any atom is -0.306 e. The molecule has 0 atom stereocenters. The van der Waals surface area contributed by atoms with Crippen molar-refractivity contribution in [2.45, 2.75) is 26.2 Å². The van der Waals surface area contributed by atoms with E-state index < -0.39 is 0 Å². The predicted octanol–water partition coefficient (Wildman–Crippen LogP) is 3.21. The Morgan fingerprint density at radius 2 is 2.27 bits per heavy atom. The first-order chi connectivity index (χ1) is 7.40. The second-order valence-electron chi connectivity index (χ2n) is 3.74. The largest absolute Gasteiger partial charge is 0.306 e. The molecule has 1 aromatic heterocycles. The van der Waals surface area contributed by atoms with Crippen LogP contribution in [0.1, 0.15) is 25.3 Å². The first-order valence-electron chi connectivity index (χ1n) is 5.47. The Morgan fingerprint density at radius 1 is 1.33 bits per heavy atom. The molecule has 0 aliphatic heterocycles. The lowest BCUT2D eigenvalue weighted by molar-refractivity contribution is 0.794. The van der Waals surface area contributed by atoms with Crippen LogP contribution < -0.4 is 0 Å². The summed E-state index contributed by atoms with van der Waals surface area (Å²) in [5.74, 6) is 0. The summed E-state index contributed by atoms with van der Waals surface area (Å²) in [5, 5.41) is 0. The van der Waals surface area contributed by atoms with Crippen LogP contribution in [0.3, 0.4) is 0 Å². The van der Waals surface area contributed by atoms with Gasteiger partial charge in [0, 0.05) is 18.1 Å². The normalized spacial score (nSPS) is 10.5. The summed E-state index contributed by atoms with van der Waals surface area (Å²) in [6.07, 6.45) is 9.28. The zero-order chi connectivity index (χ0) is 10.5. The van der Waals surface area contributed by atoms with Crippen LogP contribution >= 0.6 is 0 Å². The van der Waals surface area contributed by atoms with Gasteiger partial charge >= 0.3 is 0 Å². The molecular weight excluding hydrogens is 184 g/mol. The molecule has 2 aromatic rings. The van der Waals surface area contributed by atoms with Gasteiger partial charge in [0.15, 0.2) is 0 Å². The highest BCUT2D eigenvalue weighted by atomic mass is 15.0. The molecule has 0 bridgehead atoms. The van der Waals surface area contributed by atoms with Gasteiger partial charge < -0.3 is 4.57 Å². The molecule has 0 unspecified atom stereocenters. The Kier molecular flexibility index (Phi) is 3.18. The number of hydrogen-bond donors (Lipinski definition) is 0. The maximum absolute atomic E-state index is 4.05.